The van der Waals surface area contributed by atoms with Crippen molar-refractivity contribution in [3.05, 3.63) is 17.5 Å². The number of aliphatic hydroxyl groups is 1. The molecule has 4 rings (SSSR count). The molecule has 0 spiro atoms. The van der Waals surface area contributed by atoms with Crippen molar-refractivity contribution in [3.8, 4) is 11.6 Å². The van der Waals surface area contributed by atoms with Gasteiger partial charge in [-0.05, 0) is 45.1 Å². The molecule has 4 heterocycles. The molecule has 34 heavy (non-hydrogen) atoms. The fourth-order valence-electron chi connectivity index (χ4n) is 4.63. The molecule has 0 saturated carbocycles. The van der Waals surface area contributed by atoms with E-state index in [1.54, 1.807) is 11.8 Å². The minimum absolute atomic E-state index is 0.0282. The van der Waals surface area contributed by atoms with Gasteiger partial charge in [0.15, 0.2) is 5.69 Å². The molecule has 0 aromatic carbocycles. The summed E-state index contributed by atoms with van der Waals surface area (Å²) in [7, 11) is 0. The summed E-state index contributed by atoms with van der Waals surface area (Å²) in [5.74, 6) is -1.87. The number of hydrogen-bond acceptors (Lipinski definition) is 7. The number of fused-ring (bicyclic) bond motifs is 7. The summed E-state index contributed by atoms with van der Waals surface area (Å²) in [6.45, 7) is 2.24. The molecule has 188 valence electrons. The zero-order chi connectivity index (χ0) is 24.7. The van der Waals surface area contributed by atoms with Crippen LogP contribution in [0.15, 0.2) is 10.5 Å². The van der Waals surface area contributed by atoms with Crippen LogP contribution in [-0.2, 0) is 11.8 Å². The Balaban J connectivity index is 1.93. The Morgan fingerprint density at radius 3 is 2.53 bits per heavy atom. The molecule has 7 nitrogen and oxygen atoms in total. The van der Waals surface area contributed by atoms with Gasteiger partial charge in [0.1, 0.15) is 11.4 Å². The van der Waals surface area contributed by atoms with Crippen LogP contribution in [0.25, 0.3) is 11.6 Å². The van der Waals surface area contributed by atoms with E-state index in [2.05, 4.69) is 20.5 Å². The zero-order valence-corrected chi connectivity index (χ0v) is 18.4. The van der Waals surface area contributed by atoms with Crippen LogP contribution in [0.3, 0.4) is 0 Å². The van der Waals surface area contributed by atoms with Crippen molar-refractivity contribution < 1.29 is 35.9 Å². The van der Waals surface area contributed by atoms with Gasteiger partial charge in [-0.25, -0.2) is 4.98 Å². The summed E-state index contributed by atoms with van der Waals surface area (Å²) < 4.78 is 88.8. The lowest BCUT2D eigenvalue weighted by atomic mass is 9.94. The molecule has 2 atom stereocenters. The Morgan fingerprint density at radius 1 is 1.12 bits per heavy atom. The smallest absolute Gasteiger partial charge is 0.416 e. The van der Waals surface area contributed by atoms with Gasteiger partial charge in [-0.15, -0.1) is 10.2 Å². The number of pyridine rings is 1. The van der Waals surface area contributed by atoms with Crippen LogP contribution in [0, 0.1) is 0 Å². The fraction of sp³-hybridized carbons (Fsp3) is 0.667. The molecule has 0 aliphatic carbocycles. The number of nitrogens with one attached hydrogen (secondary N) is 1. The highest BCUT2D eigenvalue weighted by molar-refractivity contribution is 5.73. The molecule has 0 amide bonds. The molecule has 2 aromatic heterocycles. The topological polar surface area (TPSA) is 87.3 Å². The molecule has 0 unspecified atom stereocenters. The van der Waals surface area contributed by atoms with E-state index in [9.17, 15) is 31.4 Å². The van der Waals surface area contributed by atoms with Crippen LogP contribution < -0.4 is 10.2 Å². The average molecular weight is 493 g/mol. The number of anilines is 2. The molecule has 1 saturated heterocycles. The van der Waals surface area contributed by atoms with Crippen molar-refractivity contribution in [1.82, 2.24) is 15.2 Å². The van der Waals surface area contributed by atoms with Crippen LogP contribution in [0.4, 0.5) is 37.8 Å². The molecule has 2 N–H and O–H groups in total. The highest BCUT2D eigenvalue weighted by Gasteiger charge is 2.58. The Bertz CT molecular complexity index is 1020. The van der Waals surface area contributed by atoms with Crippen molar-refractivity contribution in [1.29, 1.82) is 0 Å². The van der Waals surface area contributed by atoms with E-state index in [-0.39, 0.29) is 36.2 Å². The van der Waals surface area contributed by atoms with Crippen LogP contribution in [0.1, 0.15) is 63.3 Å². The van der Waals surface area contributed by atoms with E-state index in [1.165, 1.54) is 0 Å². The minimum atomic E-state index is -5.08. The number of hydrogen-bond donors (Lipinski definition) is 2. The van der Waals surface area contributed by atoms with Crippen LogP contribution in [0.2, 0.25) is 0 Å². The molecule has 2 aliphatic rings. The van der Waals surface area contributed by atoms with Crippen LogP contribution in [0.5, 0.6) is 0 Å². The molecule has 2 aromatic rings. The highest BCUT2D eigenvalue weighted by atomic mass is 19.4. The summed E-state index contributed by atoms with van der Waals surface area (Å²) in [6.07, 6.45) is -7.75. The van der Waals surface area contributed by atoms with E-state index in [1.807, 2.05) is 0 Å². The van der Waals surface area contributed by atoms with Gasteiger partial charge in [-0.1, -0.05) is 12.8 Å². The van der Waals surface area contributed by atoms with Crippen molar-refractivity contribution in [2.24, 2.45) is 0 Å². The zero-order valence-electron chi connectivity index (χ0n) is 18.4. The van der Waals surface area contributed by atoms with E-state index in [0.717, 1.165) is 6.07 Å². The third kappa shape index (κ3) is 4.41. The predicted octanol–water partition coefficient (Wildman–Crippen LogP) is 5.27. The number of rotatable bonds is 2. The monoisotopic (exact) mass is 493 g/mol. The first kappa shape index (κ1) is 24.6. The molecule has 13 heteroatoms. The summed E-state index contributed by atoms with van der Waals surface area (Å²) in [5.41, 5.74) is -4.62. The van der Waals surface area contributed by atoms with E-state index >= 15 is 0 Å². The first-order chi connectivity index (χ1) is 16.0. The molecule has 2 aliphatic heterocycles. The van der Waals surface area contributed by atoms with E-state index < -0.39 is 41.7 Å². The average Bonchev–Trinajstić information content (AvgIpc) is 3.41. The van der Waals surface area contributed by atoms with E-state index in [4.69, 9.17) is 4.42 Å². The molecule has 1 fully saturated rings. The van der Waals surface area contributed by atoms with Gasteiger partial charge in [0.05, 0.1) is 5.69 Å². The second-order valence-electron chi connectivity index (χ2n) is 8.64. The van der Waals surface area contributed by atoms with Crippen LogP contribution >= 0.6 is 0 Å². The Kier molecular flexibility index (Phi) is 6.42. The molecular weight excluding hydrogens is 468 g/mol. The van der Waals surface area contributed by atoms with Crippen molar-refractivity contribution >= 4 is 11.5 Å². The van der Waals surface area contributed by atoms with Crippen molar-refractivity contribution in [2.45, 2.75) is 75.9 Å². The highest BCUT2D eigenvalue weighted by Crippen LogP contribution is 2.45. The van der Waals surface area contributed by atoms with E-state index in [0.29, 0.717) is 38.6 Å². The summed E-state index contributed by atoms with van der Waals surface area (Å²) in [5, 5.41) is 20.3. The van der Waals surface area contributed by atoms with Gasteiger partial charge < -0.3 is 19.7 Å². The first-order valence-corrected chi connectivity index (χ1v) is 11.2. The minimum Gasteiger partial charge on any atom is -0.416 e. The van der Waals surface area contributed by atoms with Gasteiger partial charge in [0.2, 0.25) is 5.60 Å². The number of nitrogens with zero attached hydrogens (tertiary/aromatic N) is 4. The van der Waals surface area contributed by atoms with Gasteiger partial charge in [-0.3, -0.25) is 0 Å². The van der Waals surface area contributed by atoms with Gasteiger partial charge in [-0.2, -0.15) is 26.3 Å². The summed E-state index contributed by atoms with van der Waals surface area (Å²) in [4.78, 5) is 5.85. The van der Waals surface area contributed by atoms with Crippen molar-refractivity contribution in [2.75, 3.05) is 23.3 Å². The maximum atomic E-state index is 14.0. The van der Waals surface area contributed by atoms with Crippen LogP contribution in [-0.4, -0.2) is 45.6 Å². The maximum Gasteiger partial charge on any atom is 0.426 e. The third-order valence-corrected chi connectivity index (χ3v) is 6.35. The number of halogens is 6. The predicted molar refractivity (Wildman–Crippen MR) is 110 cm³/mol. The number of aromatic nitrogens is 3. The lowest BCUT2D eigenvalue weighted by Crippen LogP contribution is -2.42. The number of alkyl halides is 6. The Hall–Kier alpha value is -2.57. The molecule has 4 bridgehead atoms. The van der Waals surface area contributed by atoms with Crippen molar-refractivity contribution in [3.63, 3.8) is 0 Å². The Labute approximate surface area is 191 Å². The SMILES string of the molecule is CCNc1cc(C(F)(F)F)c2nc1-c1nnc(o1)[C@@](O)(C(F)(F)F)CCCCC[C@@H]1CCCN21. The largest absolute Gasteiger partial charge is 0.426 e. The van der Waals surface area contributed by atoms with Gasteiger partial charge in [0.25, 0.3) is 11.8 Å². The summed E-state index contributed by atoms with van der Waals surface area (Å²) in [6, 6.07) is 0.650. The fourth-order valence-corrected chi connectivity index (χ4v) is 4.63. The lowest BCUT2D eigenvalue weighted by molar-refractivity contribution is -0.277. The first-order valence-electron chi connectivity index (χ1n) is 11.2. The normalized spacial score (nSPS) is 24.0. The molecular formula is C21H25F6N5O2. The standard InChI is InChI=1S/C21H25F6N5O2/c1-2-28-14-11-13(20(22,23)24)16-29-15(14)17-30-31-18(34-17)19(33,21(25,26)27)9-5-3-4-7-12-8-6-10-32(12)16/h11-12,28,33H,2-10H2,1H3/t12-,19-/m1/s1. The van der Waals surface area contributed by atoms with Gasteiger partial charge >= 0.3 is 12.4 Å². The Morgan fingerprint density at radius 2 is 1.85 bits per heavy atom. The third-order valence-electron chi connectivity index (χ3n) is 6.35. The lowest BCUT2D eigenvalue weighted by Gasteiger charge is -2.30. The maximum absolute atomic E-state index is 14.0. The second-order valence-corrected chi connectivity index (χ2v) is 8.64. The quantitative estimate of drug-likeness (QED) is 0.552. The second kappa shape index (κ2) is 8.90. The molecule has 0 radical (unpaired) electrons. The van der Waals surface area contributed by atoms with Gasteiger partial charge in [0, 0.05) is 19.1 Å². The summed E-state index contributed by atoms with van der Waals surface area (Å²) >= 11 is 0.